The average Bonchev–Trinajstić information content (AvgIpc) is 3.01. The number of carbonyl (C=O) groups excluding carboxylic acids is 1. The normalized spacial score (nSPS) is 13.8. The van der Waals surface area contributed by atoms with E-state index in [-0.39, 0.29) is 88.4 Å². The minimum atomic E-state index is -1.17. The van der Waals surface area contributed by atoms with Gasteiger partial charge in [-0.2, -0.15) is 0 Å². The van der Waals surface area contributed by atoms with Crippen LogP contribution in [0, 0.1) is 13.8 Å². The Morgan fingerprint density at radius 1 is 0.735 bits per heavy atom. The summed E-state index contributed by atoms with van der Waals surface area (Å²) in [6.45, 7) is 12.0. The Balaban J connectivity index is 0.00000204. The van der Waals surface area contributed by atoms with Gasteiger partial charge in [-0.15, -0.1) is 0 Å². The van der Waals surface area contributed by atoms with Gasteiger partial charge in [0.05, 0.1) is 5.56 Å². The van der Waals surface area contributed by atoms with E-state index in [4.69, 9.17) is 4.74 Å². The molecule has 34 heavy (non-hydrogen) atoms. The van der Waals surface area contributed by atoms with Crippen molar-refractivity contribution in [3.63, 3.8) is 0 Å². The van der Waals surface area contributed by atoms with Crippen LogP contribution in [0.1, 0.15) is 88.8 Å². The Bertz CT molecular complexity index is 1170. The van der Waals surface area contributed by atoms with Gasteiger partial charge in [0.1, 0.15) is 11.5 Å². The van der Waals surface area contributed by atoms with Gasteiger partial charge < -0.3 is 14.9 Å². The Morgan fingerprint density at radius 2 is 1.18 bits per heavy atom. The standard InChI is InChI=1S/C28H30O4.2Na/c1-15(2)20-13-23(17(5)11-25(20)29)28(22-10-8-7-9-19(22)27(31)32-28)24-14-21(16(3)4)26(30)12-18(24)6;;/h7-16,29-30H,1-6H3;;/q;2*+1. The maximum Gasteiger partial charge on any atom is 1.00 e. The number of aromatic hydroxyl groups is 2. The van der Waals surface area contributed by atoms with Crippen LogP contribution < -0.4 is 59.1 Å². The van der Waals surface area contributed by atoms with Crippen LogP contribution in [0.3, 0.4) is 0 Å². The molecular weight excluding hydrogens is 446 g/mol. The molecule has 6 heteroatoms. The van der Waals surface area contributed by atoms with Crippen LogP contribution >= 0.6 is 0 Å². The maximum atomic E-state index is 13.1. The number of carbonyl (C=O) groups is 1. The zero-order valence-corrected chi connectivity index (χ0v) is 25.5. The summed E-state index contributed by atoms with van der Waals surface area (Å²) < 4.78 is 6.30. The van der Waals surface area contributed by atoms with Crippen LogP contribution in [0.2, 0.25) is 0 Å². The second-order valence-corrected chi connectivity index (χ2v) is 9.38. The molecule has 0 aromatic heterocycles. The van der Waals surface area contributed by atoms with E-state index < -0.39 is 5.60 Å². The van der Waals surface area contributed by atoms with Crippen LogP contribution in [0.15, 0.2) is 48.5 Å². The van der Waals surface area contributed by atoms with E-state index in [2.05, 4.69) is 0 Å². The van der Waals surface area contributed by atoms with E-state index >= 15 is 0 Å². The number of rotatable bonds is 4. The molecule has 166 valence electrons. The molecule has 0 unspecified atom stereocenters. The van der Waals surface area contributed by atoms with Gasteiger partial charge in [-0.3, -0.25) is 0 Å². The second kappa shape index (κ2) is 10.8. The van der Waals surface area contributed by atoms with Crippen molar-refractivity contribution in [1.82, 2.24) is 0 Å². The molecule has 1 aliphatic heterocycles. The summed E-state index contributed by atoms with van der Waals surface area (Å²) in [6, 6.07) is 14.9. The Morgan fingerprint density at radius 3 is 1.62 bits per heavy atom. The maximum absolute atomic E-state index is 13.1. The summed E-state index contributed by atoms with van der Waals surface area (Å²) in [6.07, 6.45) is 0. The minimum absolute atomic E-state index is 0. The molecule has 0 spiro atoms. The van der Waals surface area contributed by atoms with E-state index in [0.29, 0.717) is 5.56 Å². The molecule has 0 amide bonds. The zero-order valence-electron chi connectivity index (χ0n) is 21.5. The predicted molar refractivity (Wildman–Crippen MR) is 126 cm³/mol. The van der Waals surface area contributed by atoms with E-state index in [1.165, 1.54) is 0 Å². The van der Waals surface area contributed by atoms with Gasteiger partial charge in [0, 0.05) is 16.7 Å². The Labute approximate surface area is 246 Å². The van der Waals surface area contributed by atoms with Gasteiger partial charge in [-0.25, -0.2) is 4.79 Å². The predicted octanol–water partition coefficient (Wildman–Crippen LogP) is 0.432. The molecule has 0 atom stereocenters. The molecule has 0 radical (unpaired) electrons. The number of cyclic esters (lactones) is 1. The summed E-state index contributed by atoms with van der Waals surface area (Å²) in [5.41, 5.74) is 5.03. The molecule has 1 heterocycles. The fourth-order valence-corrected chi connectivity index (χ4v) is 4.86. The van der Waals surface area contributed by atoms with Crippen molar-refractivity contribution in [2.24, 2.45) is 0 Å². The zero-order chi connectivity index (χ0) is 23.4. The van der Waals surface area contributed by atoms with Gasteiger partial charge >= 0.3 is 65.1 Å². The SMILES string of the molecule is Cc1cc(O)c(C(C)C)cc1C1(c2cc(C(C)C)c(O)cc2C)OC(=O)c2ccccc21.[Na+].[Na+]. The Hall–Kier alpha value is -1.27. The van der Waals surface area contributed by atoms with Gasteiger partial charge in [-0.05, 0) is 78.3 Å². The molecule has 4 nitrogen and oxygen atoms in total. The first kappa shape index (κ1) is 29.0. The monoisotopic (exact) mass is 476 g/mol. The number of aryl methyl sites for hydroxylation is 2. The minimum Gasteiger partial charge on any atom is -0.508 e. The molecule has 0 saturated heterocycles. The third kappa shape index (κ3) is 4.61. The van der Waals surface area contributed by atoms with Crippen molar-refractivity contribution < 1.29 is 78.9 Å². The average molecular weight is 477 g/mol. The van der Waals surface area contributed by atoms with Crippen molar-refractivity contribution in [2.45, 2.75) is 59.0 Å². The van der Waals surface area contributed by atoms with Crippen molar-refractivity contribution in [3.05, 3.63) is 93.0 Å². The number of phenolic OH excluding ortho intramolecular Hbond substituents is 2. The summed E-state index contributed by atoms with van der Waals surface area (Å²) in [5.74, 6) is 0.271. The number of hydrogen-bond acceptors (Lipinski definition) is 4. The number of phenols is 2. The van der Waals surface area contributed by atoms with Crippen LogP contribution in [0.4, 0.5) is 0 Å². The summed E-state index contributed by atoms with van der Waals surface area (Å²) in [5, 5.41) is 21.2. The molecular formula is C28H30Na2O4+2. The molecule has 2 N–H and O–H groups in total. The largest absolute Gasteiger partial charge is 1.00 e. The number of benzene rings is 3. The quantitative estimate of drug-likeness (QED) is 0.424. The fourth-order valence-electron chi connectivity index (χ4n) is 4.86. The van der Waals surface area contributed by atoms with E-state index in [1.807, 2.05) is 71.9 Å². The molecule has 4 rings (SSSR count). The molecule has 1 aliphatic rings. The van der Waals surface area contributed by atoms with Gasteiger partial charge in [-0.1, -0.05) is 45.9 Å². The first-order valence-corrected chi connectivity index (χ1v) is 11.1. The first-order valence-electron chi connectivity index (χ1n) is 11.1. The Kier molecular flexibility index (Phi) is 9.18. The number of esters is 1. The third-order valence-electron chi connectivity index (χ3n) is 6.52. The van der Waals surface area contributed by atoms with Gasteiger partial charge in [0.2, 0.25) is 0 Å². The van der Waals surface area contributed by atoms with Crippen molar-refractivity contribution in [2.75, 3.05) is 0 Å². The third-order valence-corrected chi connectivity index (χ3v) is 6.52. The van der Waals surface area contributed by atoms with Crippen molar-refractivity contribution in [3.8, 4) is 11.5 Å². The number of fused-ring (bicyclic) bond motifs is 1. The second-order valence-electron chi connectivity index (χ2n) is 9.38. The van der Waals surface area contributed by atoms with E-state index in [0.717, 1.165) is 38.9 Å². The fraction of sp³-hybridized carbons (Fsp3) is 0.321. The molecule has 0 bridgehead atoms. The summed E-state index contributed by atoms with van der Waals surface area (Å²) in [4.78, 5) is 13.1. The number of hydrogen-bond donors (Lipinski definition) is 2. The van der Waals surface area contributed by atoms with Crippen LogP contribution in [0.25, 0.3) is 0 Å². The smallest absolute Gasteiger partial charge is 0.508 e. The molecule has 0 fully saturated rings. The van der Waals surface area contributed by atoms with Crippen LogP contribution in [-0.4, -0.2) is 16.2 Å². The molecule has 0 aliphatic carbocycles. The molecule has 3 aromatic rings. The van der Waals surface area contributed by atoms with E-state index in [1.54, 1.807) is 18.2 Å². The van der Waals surface area contributed by atoms with Crippen molar-refractivity contribution in [1.29, 1.82) is 0 Å². The summed E-state index contributed by atoms with van der Waals surface area (Å²) >= 11 is 0. The molecule has 3 aromatic carbocycles. The van der Waals surface area contributed by atoms with Crippen molar-refractivity contribution >= 4 is 5.97 Å². The summed E-state index contributed by atoms with van der Waals surface area (Å²) in [7, 11) is 0. The molecule has 0 saturated carbocycles. The first-order chi connectivity index (χ1) is 15.1. The van der Waals surface area contributed by atoms with E-state index in [9.17, 15) is 15.0 Å². The topological polar surface area (TPSA) is 66.8 Å². The number of ether oxygens (including phenoxy) is 1. The van der Waals surface area contributed by atoms with Crippen LogP contribution in [0.5, 0.6) is 11.5 Å². The van der Waals surface area contributed by atoms with Gasteiger partial charge in [0.15, 0.2) is 5.60 Å². The van der Waals surface area contributed by atoms with Gasteiger partial charge in [0.25, 0.3) is 0 Å². The van der Waals surface area contributed by atoms with Crippen LogP contribution in [-0.2, 0) is 10.3 Å².